The number of hydrogen-bond acceptors (Lipinski definition) is 4. The number of likely N-dealkylation sites (N-methyl/N-ethyl adjacent to an activating group) is 1. The Bertz CT molecular complexity index is 1420. The summed E-state index contributed by atoms with van der Waals surface area (Å²) >= 11 is 0. The van der Waals surface area contributed by atoms with Crippen molar-refractivity contribution in [1.29, 1.82) is 0 Å². The van der Waals surface area contributed by atoms with Gasteiger partial charge < -0.3 is 14.5 Å². The quantitative estimate of drug-likeness (QED) is 0.436. The lowest BCUT2D eigenvalue weighted by Gasteiger charge is -2.44. The van der Waals surface area contributed by atoms with E-state index in [1.165, 1.54) is 5.69 Å². The van der Waals surface area contributed by atoms with Gasteiger partial charge in [-0.05, 0) is 48.9 Å². The van der Waals surface area contributed by atoms with Crippen molar-refractivity contribution in [2.24, 2.45) is 0 Å². The predicted molar refractivity (Wildman–Crippen MR) is 132 cm³/mol. The second-order valence-corrected chi connectivity index (χ2v) is 9.02. The molecule has 33 heavy (non-hydrogen) atoms. The van der Waals surface area contributed by atoms with Crippen molar-refractivity contribution in [3.63, 3.8) is 0 Å². The van der Waals surface area contributed by atoms with Gasteiger partial charge in [0.25, 0.3) is 0 Å². The van der Waals surface area contributed by atoms with Gasteiger partial charge in [-0.15, -0.1) is 0 Å². The maximum Gasteiger partial charge on any atom is 0.197 e. The molecule has 1 atom stereocenters. The zero-order chi connectivity index (χ0) is 22.5. The number of rotatable bonds is 2. The fourth-order valence-electron chi connectivity index (χ4n) is 5.13. The van der Waals surface area contributed by atoms with E-state index in [9.17, 15) is 0 Å². The number of anilines is 1. The van der Waals surface area contributed by atoms with E-state index in [0.29, 0.717) is 18.3 Å². The topological polar surface area (TPSA) is 48.8 Å². The number of fused-ring (bicyclic) bond motifs is 4. The molecule has 4 aromatic rings. The number of H-pyrrole nitrogens is 1. The lowest BCUT2D eigenvalue weighted by Crippen LogP contribution is -2.56. The molecule has 6 rings (SSSR count). The molecule has 0 spiro atoms. The molecule has 3 heterocycles. The Hall–Kier alpha value is -3.82. The van der Waals surface area contributed by atoms with Crippen LogP contribution in [0.4, 0.5) is 11.4 Å². The van der Waals surface area contributed by atoms with Gasteiger partial charge in [0.2, 0.25) is 0 Å². The van der Waals surface area contributed by atoms with Crippen LogP contribution in [0.25, 0.3) is 38.1 Å². The molecule has 0 saturated carbocycles. The van der Waals surface area contributed by atoms with Crippen LogP contribution in [0.15, 0.2) is 54.6 Å². The molecule has 0 bridgehead atoms. The Morgan fingerprint density at radius 3 is 2.82 bits per heavy atom. The van der Waals surface area contributed by atoms with E-state index >= 15 is 0 Å². The summed E-state index contributed by atoms with van der Waals surface area (Å²) in [6, 6.07) is 19.0. The summed E-state index contributed by atoms with van der Waals surface area (Å²) in [7, 11) is 2.17. The van der Waals surface area contributed by atoms with E-state index in [0.717, 1.165) is 64.2 Å². The number of nitrogens with zero attached hydrogens (tertiary/aromatic N) is 4. The molecule has 3 aromatic carbocycles. The van der Waals surface area contributed by atoms with Crippen LogP contribution < -0.4 is 9.64 Å². The van der Waals surface area contributed by atoms with Crippen molar-refractivity contribution in [1.82, 2.24) is 15.1 Å². The number of benzene rings is 3. The summed E-state index contributed by atoms with van der Waals surface area (Å²) in [4.78, 5) is 8.63. The fraction of sp³-hybridized carbons (Fsp3) is 0.259. The van der Waals surface area contributed by atoms with Crippen LogP contribution in [0.2, 0.25) is 0 Å². The molecular formula is C27H25N5O. The Kier molecular flexibility index (Phi) is 4.60. The van der Waals surface area contributed by atoms with Gasteiger partial charge >= 0.3 is 0 Å². The van der Waals surface area contributed by atoms with Crippen molar-refractivity contribution in [3.05, 3.63) is 71.6 Å². The molecule has 1 N–H and O–H groups in total. The minimum atomic E-state index is 0.400. The first-order valence-electron chi connectivity index (χ1n) is 11.3. The summed E-state index contributed by atoms with van der Waals surface area (Å²) in [5.41, 5.74) is 7.71. The number of aromatic amines is 1. The summed E-state index contributed by atoms with van der Waals surface area (Å²) in [6.07, 6.45) is 0. The smallest absolute Gasteiger partial charge is 0.197 e. The van der Waals surface area contributed by atoms with Crippen molar-refractivity contribution < 1.29 is 4.74 Å². The van der Waals surface area contributed by atoms with Crippen LogP contribution in [-0.2, 0) is 0 Å². The van der Waals surface area contributed by atoms with Gasteiger partial charge in [-0.3, -0.25) is 5.10 Å². The third kappa shape index (κ3) is 3.24. The van der Waals surface area contributed by atoms with Gasteiger partial charge in [-0.25, -0.2) is 4.85 Å². The van der Waals surface area contributed by atoms with Crippen molar-refractivity contribution in [3.8, 4) is 28.1 Å². The summed E-state index contributed by atoms with van der Waals surface area (Å²) < 4.78 is 6.19. The average molecular weight is 436 g/mol. The highest BCUT2D eigenvalue weighted by Gasteiger charge is 2.32. The molecule has 2 aliphatic rings. The van der Waals surface area contributed by atoms with Gasteiger partial charge in [0.15, 0.2) is 5.69 Å². The first-order chi connectivity index (χ1) is 16.1. The fourth-order valence-corrected chi connectivity index (χ4v) is 5.13. The third-order valence-electron chi connectivity index (χ3n) is 6.89. The molecule has 1 aromatic heterocycles. The number of aromatic nitrogens is 2. The largest absolute Gasteiger partial charge is 0.489 e. The lowest BCUT2D eigenvalue weighted by molar-refractivity contribution is 0.188. The molecule has 1 unspecified atom stereocenters. The zero-order valence-corrected chi connectivity index (χ0v) is 18.8. The molecule has 1 fully saturated rings. The zero-order valence-electron chi connectivity index (χ0n) is 18.8. The maximum atomic E-state index is 7.71. The molecule has 6 nitrogen and oxygen atoms in total. The highest BCUT2D eigenvalue weighted by atomic mass is 16.5. The van der Waals surface area contributed by atoms with Crippen LogP contribution in [0, 0.1) is 13.5 Å². The minimum absolute atomic E-state index is 0.400. The molecular weight excluding hydrogens is 410 g/mol. The Morgan fingerprint density at radius 2 is 1.97 bits per heavy atom. The summed E-state index contributed by atoms with van der Waals surface area (Å²) in [6.45, 7) is 13.6. The van der Waals surface area contributed by atoms with Crippen LogP contribution in [0.3, 0.4) is 0 Å². The minimum Gasteiger partial charge on any atom is -0.489 e. The monoisotopic (exact) mass is 435 g/mol. The van der Waals surface area contributed by atoms with Crippen LogP contribution in [0.5, 0.6) is 5.75 Å². The van der Waals surface area contributed by atoms with E-state index in [1.807, 2.05) is 18.2 Å². The number of piperazine rings is 1. The molecule has 0 aliphatic carbocycles. The van der Waals surface area contributed by atoms with Gasteiger partial charge in [-0.1, -0.05) is 36.4 Å². The first-order valence-corrected chi connectivity index (χ1v) is 11.3. The third-order valence-corrected chi connectivity index (χ3v) is 6.89. The standard InChI is InChI=1S/C27H25N5O/c1-17-6-4-5-7-20(17)21-13-22-24(14-23(21)28-2)29-30-27(22)18-8-9-25-26(12-18)33-16-19-15-31(3)10-11-32(19)25/h4-9,12-14,19H,10-11,15-16H2,1,3H3,(H,29,30). The van der Waals surface area contributed by atoms with Gasteiger partial charge in [0.05, 0.1) is 29.5 Å². The average Bonchev–Trinajstić information content (AvgIpc) is 3.25. The number of nitrogens with one attached hydrogen (secondary N) is 1. The maximum absolute atomic E-state index is 7.71. The van der Waals surface area contributed by atoms with Gasteiger partial charge in [0.1, 0.15) is 12.4 Å². The van der Waals surface area contributed by atoms with Crippen LogP contribution in [-0.4, -0.2) is 54.4 Å². The molecule has 2 aliphatic heterocycles. The molecule has 1 saturated heterocycles. The summed E-state index contributed by atoms with van der Waals surface area (Å²) in [5, 5.41) is 8.78. The summed E-state index contributed by atoms with van der Waals surface area (Å²) in [5.74, 6) is 0.918. The molecule has 164 valence electrons. The first kappa shape index (κ1) is 19.8. The Balaban J connectivity index is 1.45. The van der Waals surface area contributed by atoms with E-state index in [-0.39, 0.29) is 0 Å². The molecule has 6 heteroatoms. The van der Waals surface area contributed by atoms with Gasteiger partial charge in [0, 0.05) is 30.6 Å². The second kappa shape index (κ2) is 7.65. The predicted octanol–water partition coefficient (Wildman–Crippen LogP) is 5.27. The van der Waals surface area contributed by atoms with Gasteiger partial charge in [-0.2, -0.15) is 5.10 Å². The van der Waals surface area contributed by atoms with Crippen molar-refractivity contribution in [2.45, 2.75) is 13.0 Å². The number of hydrogen-bond donors (Lipinski definition) is 1. The number of ether oxygens (including phenoxy) is 1. The molecule has 0 amide bonds. The highest BCUT2D eigenvalue weighted by Crippen LogP contribution is 2.41. The highest BCUT2D eigenvalue weighted by molar-refractivity contribution is 6.00. The molecule has 0 radical (unpaired) electrons. The number of aryl methyl sites for hydroxylation is 1. The van der Waals surface area contributed by atoms with E-state index in [1.54, 1.807) is 0 Å². The Morgan fingerprint density at radius 1 is 1.09 bits per heavy atom. The van der Waals surface area contributed by atoms with Crippen molar-refractivity contribution in [2.75, 3.05) is 38.2 Å². The SMILES string of the molecule is [C-]#[N+]c1cc2[nH]nc(-c3ccc4c(c3)OCC3CN(C)CCN43)c2cc1-c1ccccc1C. The normalized spacial score (nSPS) is 17.8. The van der Waals surface area contributed by atoms with Crippen LogP contribution in [0.1, 0.15) is 5.56 Å². The second-order valence-electron chi connectivity index (χ2n) is 9.02. The lowest BCUT2D eigenvalue weighted by atomic mass is 9.96. The van der Waals surface area contributed by atoms with E-state index in [2.05, 4.69) is 75.2 Å². The Labute approximate surface area is 193 Å². The van der Waals surface area contributed by atoms with Crippen molar-refractivity contribution >= 4 is 22.3 Å². The van der Waals surface area contributed by atoms with E-state index in [4.69, 9.17) is 11.3 Å². The van der Waals surface area contributed by atoms with E-state index < -0.39 is 0 Å². The van der Waals surface area contributed by atoms with Crippen LogP contribution >= 0.6 is 0 Å².